The molecule has 0 atom stereocenters. The molecular weight excluding hydrogens is 282 g/mol. The van der Waals surface area contributed by atoms with Gasteiger partial charge in [-0.25, -0.2) is 8.42 Å². The van der Waals surface area contributed by atoms with Crippen LogP contribution in [0.3, 0.4) is 0 Å². The molecule has 0 spiro atoms. The molecule has 0 heterocycles. The van der Waals surface area contributed by atoms with Crippen molar-refractivity contribution in [2.75, 3.05) is 5.73 Å². The Kier molecular flexibility index (Phi) is 3.83. The lowest BCUT2D eigenvalue weighted by molar-refractivity contribution is 0.595. The number of hydrogen-bond donors (Lipinski definition) is 1. The molecule has 5 heteroatoms. The number of anilines is 1. The van der Waals surface area contributed by atoms with Crippen LogP contribution in [-0.4, -0.2) is 8.42 Å². The lowest BCUT2D eigenvalue weighted by Gasteiger charge is -2.06. The third kappa shape index (κ3) is 3.28. The van der Waals surface area contributed by atoms with Gasteiger partial charge in [0.2, 0.25) is 0 Å². The van der Waals surface area contributed by atoms with E-state index in [9.17, 15) is 8.42 Å². The average molecular weight is 296 g/mol. The van der Waals surface area contributed by atoms with E-state index in [1.165, 1.54) is 12.1 Å². The van der Waals surface area contributed by atoms with E-state index in [0.717, 1.165) is 11.1 Å². The molecule has 0 saturated heterocycles. The highest BCUT2D eigenvalue weighted by atomic mass is 35.5. The number of nitrogen functional groups attached to an aromatic ring is 1. The number of sulfone groups is 1. The quantitative estimate of drug-likeness (QED) is 0.885. The lowest BCUT2D eigenvalue weighted by atomic mass is 10.2. The fourth-order valence-corrected chi connectivity index (χ4v) is 3.23. The van der Waals surface area contributed by atoms with Gasteiger partial charge in [-0.05, 0) is 48.4 Å². The van der Waals surface area contributed by atoms with Gasteiger partial charge in [-0.1, -0.05) is 23.7 Å². The van der Waals surface area contributed by atoms with Gasteiger partial charge in [0.25, 0.3) is 0 Å². The van der Waals surface area contributed by atoms with E-state index in [-0.39, 0.29) is 10.6 Å². The molecule has 0 radical (unpaired) electrons. The molecule has 19 heavy (non-hydrogen) atoms. The summed E-state index contributed by atoms with van der Waals surface area (Å²) in [6.45, 7) is 1.85. The van der Waals surface area contributed by atoms with Crippen molar-refractivity contribution in [3.63, 3.8) is 0 Å². The van der Waals surface area contributed by atoms with E-state index in [1.54, 1.807) is 30.3 Å². The van der Waals surface area contributed by atoms with Gasteiger partial charge in [0.05, 0.1) is 10.6 Å². The second-order valence-electron chi connectivity index (χ2n) is 4.41. The normalized spacial score (nSPS) is 11.5. The maximum Gasteiger partial charge on any atom is 0.182 e. The molecule has 0 aromatic heterocycles. The molecule has 2 aromatic rings. The maximum absolute atomic E-state index is 12.2. The highest BCUT2D eigenvalue weighted by Crippen LogP contribution is 2.21. The SMILES string of the molecule is Cc1cc(CS(=O)(=O)c2ccc(N)cc2)ccc1Cl. The Balaban J connectivity index is 2.30. The number of nitrogens with two attached hydrogens (primary N) is 1. The van der Waals surface area contributed by atoms with Crippen molar-refractivity contribution in [1.82, 2.24) is 0 Å². The second-order valence-corrected chi connectivity index (χ2v) is 6.81. The first-order valence-corrected chi connectivity index (χ1v) is 7.75. The smallest absolute Gasteiger partial charge is 0.182 e. The summed E-state index contributed by atoms with van der Waals surface area (Å²) in [7, 11) is -3.36. The molecule has 0 aliphatic rings. The Hall–Kier alpha value is -1.52. The van der Waals surface area contributed by atoms with Crippen LogP contribution in [0.25, 0.3) is 0 Å². The van der Waals surface area contributed by atoms with Gasteiger partial charge in [0.15, 0.2) is 9.84 Å². The highest BCUT2D eigenvalue weighted by Gasteiger charge is 2.15. The Labute approximate surface area is 117 Å². The van der Waals surface area contributed by atoms with E-state index in [0.29, 0.717) is 10.7 Å². The van der Waals surface area contributed by atoms with Crippen molar-refractivity contribution >= 4 is 27.1 Å². The molecule has 100 valence electrons. The molecule has 0 saturated carbocycles. The van der Waals surface area contributed by atoms with Gasteiger partial charge in [0, 0.05) is 10.7 Å². The van der Waals surface area contributed by atoms with E-state index in [1.807, 2.05) is 6.92 Å². The van der Waals surface area contributed by atoms with Crippen LogP contribution in [0.4, 0.5) is 5.69 Å². The van der Waals surface area contributed by atoms with Gasteiger partial charge in [-0.15, -0.1) is 0 Å². The van der Waals surface area contributed by atoms with E-state index in [4.69, 9.17) is 17.3 Å². The van der Waals surface area contributed by atoms with Crippen molar-refractivity contribution in [3.8, 4) is 0 Å². The summed E-state index contributed by atoms with van der Waals surface area (Å²) >= 11 is 5.92. The predicted octanol–water partition coefficient (Wildman–Crippen LogP) is 3.20. The van der Waals surface area contributed by atoms with Crippen molar-refractivity contribution in [2.24, 2.45) is 0 Å². The van der Waals surface area contributed by atoms with Crippen LogP contribution in [0.15, 0.2) is 47.4 Å². The monoisotopic (exact) mass is 295 g/mol. The predicted molar refractivity (Wildman–Crippen MR) is 77.9 cm³/mol. The zero-order chi connectivity index (χ0) is 14.0. The Bertz CT molecular complexity index is 694. The van der Waals surface area contributed by atoms with E-state index < -0.39 is 9.84 Å². The van der Waals surface area contributed by atoms with Gasteiger partial charge in [0.1, 0.15) is 0 Å². The fourth-order valence-electron chi connectivity index (χ4n) is 1.77. The highest BCUT2D eigenvalue weighted by molar-refractivity contribution is 7.90. The largest absolute Gasteiger partial charge is 0.399 e. The molecule has 2 aromatic carbocycles. The van der Waals surface area contributed by atoms with Gasteiger partial charge >= 0.3 is 0 Å². The van der Waals surface area contributed by atoms with Gasteiger partial charge in [-0.2, -0.15) is 0 Å². The van der Waals surface area contributed by atoms with Gasteiger partial charge in [-0.3, -0.25) is 0 Å². The number of aryl methyl sites for hydroxylation is 1. The first-order valence-electron chi connectivity index (χ1n) is 5.72. The van der Waals surface area contributed by atoms with Crippen LogP contribution in [0.2, 0.25) is 5.02 Å². The topological polar surface area (TPSA) is 60.2 Å². The minimum Gasteiger partial charge on any atom is -0.399 e. The Morgan fingerprint density at radius 2 is 1.74 bits per heavy atom. The van der Waals surface area contributed by atoms with Crippen LogP contribution in [0, 0.1) is 6.92 Å². The molecule has 0 amide bonds. The molecular formula is C14H14ClNO2S. The van der Waals surface area contributed by atoms with Crippen molar-refractivity contribution in [2.45, 2.75) is 17.6 Å². The third-order valence-corrected chi connectivity index (χ3v) is 4.95. The number of hydrogen-bond acceptors (Lipinski definition) is 3. The molecule has 0 aliphatic carbocycles. The molecule has 0 bridgehead atoms. The average Bonchev–Trinajstić information content (AvgIpc) is 2.34. The Morgan fingerprint density at radius 3 is 2.32 bits per heavy atom. The molecule has 2 rings (SSSR count). The van der Waals surface area contributed by atoms with Crippen LogP contribution < -0.4 is 5.73 Å². The summed E-state index contributed by atoms with van der Waals surface area (Å²) in [4.78, 5) is 0.273. The molecule has 0 fully saturated rings. The fraction of sp³-hybridized carbons (Fsp3) is 0.143. The summed E-state index contributed by atoms with van der Waals surface area (Å²) in [6, 6.07) is 11.4. The molecule has 0 aliphatic heterocycles. The first kappa shape index (κ1) is 13.9. The van der Waals surface area contributed by atoms with Crippen molar-refractivity contribution < 1.29 is 8.42 Å². The van der Waals surface area contributed by atoms with E-state index >= 15 is 0 Å². The summed E-state index contributed by atoms with van der Waals surface area (Å²) in [5.74, 6) is -0.0467. The van der Waals surface area contributed by atoms with Crippen LogP contribution in [0.1, 0.15) is 11.1 Å². The number of benzene rings is 2. The summed E-state index contributed by atoms with van der Waals surface area (Å²) in [5, 5.41) is 0.633. The zero-order valence-corrected chi connectivity index (χ0v) is 12.0. The number of halogens is 1. The standard InChI is InChI=1S/C14H14ClNO2S/c1-10-8-11(2-7-14(10)15)9-19(17,18)13-5-3-12(16)4-6-13/h2-8H,9,16H2,1H3. The van der Waals surface area contributed by atoms with Crippen LogP contribution in [0.5, 0.6) is 0 Å². The molecule has 0 unspecified atom stereocenters. The molecule has 3 nitrogen and oxygen atoms in total. The minimum absolute atomic E-state index is 0.0467. The van der Waals surface area contributed by atoms with Crippen LogP contribution in [-0.2, 0) is 15.6 Å². The number of rotatable bonds is 3. The Morgan fingerprint density at radius 1 is 1.11 bits per heavy atom. The summed E-state index contributed by atoms with van der Waals surface area (Å²) < 4.78 is 24.5. The van der Waals surface area contributed by atoms with Crippen LogP contribution >= 0.6 is 11.6 Å². The second kappa shape index (κ2) is 5.23. The van der Waals surface area contributed by atoms with E-state index in [2.05, 4.69) is 0 Å². The molecule has 2 N–H and O–H groups in total. The van der Waals surface area contributed by atoms with Crippen molar-refractivity contribution in [3.05, 3.63) is 58.6 Å². The summed E-state index contributed by atoms with van der Waals surface area (Å²) in [6.07, 6.45) is 0. The first-order chi connectivity index (χ1) is 8.88. The summed E-state index contributed by atoms with van der Waals surface area (Å²) in [5.41, 5.74) is 7.68. The maximum atomic E-state index is 12.2. The van der Waals surface area contributed by atoms with Crippen molar-refractivity contribution in [1.29, 1.82) is 0 Å². The third-order valence-electron chi connectivity index (χ3n) is 2.82. The zero-order valence-electron chi connectivity index (χ0n) is 10.4. The van der Waals surface area contributed by atoms with Gasteiger partial charge < -0.3 is 5.73 Å². The minimum atomic E-state index is -3.36. The lowest BCUT2D eigenvalue weighted by Crippen LogP contribution is -2.05.